The second kappa shape index (κ2) is 9.04. The number of hydrogen-bond donors (Lipinski definition) is 2. The van der Waals surface area contributed by atoms with Crippen molar-refractivity contribution in [2.24, 2.45) is 0 Å². The summed E-state index contributed by atoms with van der Waals surface area (Å²) in [5, 5.41) is 4.13. The summed E-state index contributed by atoms with van der Waals surface area (Å²) in [4.78, 5) is 24.1. The van der Waals surface area contributed by atoms with Gasteiger partial charge in [-0.15, -0.1) is 0 Å². The van der Waals surface area contributed by atoms with E-state index in [1.54, 1.807) is 0 Å². The van der Waals surface area contributed by atoms with Gasteiger partial charge in [0.05, 0.1) is 12.7 Å². The maximum Gasteiger partial charge on any atom is 0.416 e. The summed E-state index contributed by atoms with van der Waals surface area (Å²) in [5.41, 5.74) is -0.645. The summed E-state index contributed by atoms with van der Waals surface area (Å²) in [5.74, 6) is -3.30. The molecular weight excluding hydrogens is 435 g/mol. The van der Waals surface area contributed by atoms with Gasteiger partial charge in [-0.1, -0.05) is 18.2 Å². The van der Waals surface area contributed by atoms with E-state index >= 15 is 0 Å². The molecule has 0 aliphatic rings. The second-order valence-electron chi connectivity index (χ2n) is 6.50. The van der Waals surface area contributed by atoms with Crippen LogP contribution < -0.4 is 15.4 Å². The van der Waals surface area contributed by atoms with E-state index in [4.69, 9.17) is 4.74 Å². The zero-order valence-electron chi connectivity index (χ0n) is 16.4. The van der Waals surface area contributed by atoms with Crippen molar-refractivity contribution in [3.8, 4) is 16.9 Å². The van der Waals surface area contributed by atoms with Crippen LogP contribution in [-0.4, -0.2) is 19.0 Å². The van der Waals surface area contributed by atoms with Crippen LogP contribution in [0.25, 0.3) is 11.1 Å². The van der Waals surface area contributed by atoms with Crippen LogP contribution in [0, 0.1) is 11.6 Å². The molecule has 0 aliphatic carbocycles. The standard InChI is InChI=1S/C22H15F5N2O3/c1-32-18-11-14(9-10-15(18)12-5-7-13(8-6-12)22(25,26)27)28-21(31)29-20(30)19-16(23)3-2-4-17(19)24/h2-11H,1H3,(H2,28,29,30,31). The van der Waals surface area contributed by atoms with Crippen molar-refractivity contribution in [2.75, 3.05) is 12.4 Å². The van der Waals surface area contributed by atoms with E-state index in [2.05, 4.69) is 5.32 Å². The van der Waals surface area contributed by atoms with Crippen LogP contribution in [0.15, 0.2) is 60.7 Å². The molecule has 0 spiro atoms. The Morgan fingerprint density at radius 1 is 0.906 bits per heavy atom. The van der Waals surface area contributed by atoms with Crippen molar-refractivity contribution in [2.45, 2.75) is 6.18 Å². The van der Waals surface area contributed by atoms with Crippen molar-refractivity contribution in [3.05, 3.63) is 83.4 Å². The van der Waals surface area contributed by atoms with Gasteiger partial charge in [0.2, 0.25) is 0 Å². The van der Waals surface area contributed by atoms with Crippen molar-refractivity contribution < 1.29 is 36.3 Å². The quantitative estimate of drug-likeness (QED) is 0.507. The normalized spacial score (nSPS) is 11.1. The molecule has 0 unspecified atom stereocenters. The minimum Gasteiger partial charge on any atom is -0.496 e. The van der Waals surface area contributed by atoms with E-state index in [-0.39, 0.29) is 11.4 Å². The van der Waals surface area contributed by atoms with E-state index in [1.807, 2.05) is 5.32 Å². The minimum atomic E-state index is -4.47. The Morgan fingerprint density at radius 2 is 1.53 bits per heavy atom. The number of nitrogens with one attached hydrogen (secondary N) is 2. The van der Waals surface area contributed by atoms with Crippen molar-refractivity contribution in [1.29, 1.82) is 0 Å². The monoisotopic (exact) mass is 450 g/mol. The first-order valence-electron chi connectivity index (χ1n) is 9.02. The lowest BCUT2D eigenvalue weighted by Gasteiger charge is -2.13. The first-order valence-corrected chi connectivity index (χ1v) is 9.02. The van der Waals surface area contributed by atoms with Gasteiger partial charge < -0.3 is 10.1 Å². The van der Waals surface area contributed by atoms with Gasteiger partial charge in [-0.2, -0.15) is 13.2 Å². The molecule has 0 bridgehead atoms. The molecule has 0 aliphatic heterocycles. The van der Waals surface area contributed by atoms with Gasteiger partial charge in [0.15, 0.2) is 0 Å². The molecular formula is C22H15F5N2O3. The molecule has 3 aromatic rings. The maximum atomic E-state index is 13.7. The SMILES string of the molecule is COc1cc(NC(=O)NC(=O)c2c(F)cccc2F)ccc1-c1ccc(C(F)(F)F)cc1. The molecule has 10 heteroatoms. The fourth-order valence-electron chi connectivity index (χ4n) is 2.89. The van der Waals surface area contributed by atoms with E-state index in [0.717, 1.165) is 30.3 Å². The molecule has 0 aromatic heterocycles. The Balaban J connectivity index is 1.76. The van der Waals surface area contributed by atoms with Crippen LogP contribution in [0.4, 0.5) is 32.4 Å². The van der Waals surface area contributed by atoms with Gasteiger partial charge in [-0.3, -0.25) is 10.1 Å². The molecule has 166 valence electrons. The number of amides is 3. The molecule has 3 amide bonds. The smallest absolute Gasteiger partial charge is 0.416 e. The van der Waals surface area contributed by atoms with Gasteiger partial charge in [-0.25, -0.2) is 13.6 Å². The highest BCUT2D eigenvalue weighted by Gasteiger charge is 2.30. The van der Waals surface area contributed by atoms with Crippen LogP contribution in [0.2, 0.25) is 0 Å². The molecule has 0 saturated carbocycles. The number of urea groups is 1. The fraction of sp³-hybridized carbons (Fsp3) is 0.0909. The number of hydrogen-bond acceptors (Lipinski definition) is 3. The van der Waals surface area contributed by atoms with Gasteiger partial charge >= 0.3 is 12.2 Å². The predicted octanol–water partition coefficient (Wildman–Crippen LogP) is 5.62. The summed E-state index contributed by atoms with van der Waals surface area (Å²) < 4.78 is 70.8. The number of anilines is 1. The number of alkyl halides is 3. The summed E-state index contributed by atoms with van der Waals surface area (Å²) in [6.07, 6.45) is -4.47. The zero-order chi connectivity index (χ0) is 23.5. The third-order valence-electron chi connectivity index (χ3n) is 4.40. The Kier molecular flexibility index (Phi) is 6.42. The number of carbonyl (C=O) groups is 2. The molecule has 3 aromatic carbocycles. The zero-order valence-corrected chi connectivity index (χ0v) is 16.4. The number of rotatable bonds is 4. The van der Waals surface area contributed by atoms with Gasteiger partial charge in [0, 0.05) is 17.3 Å². The highest BCUT2D eigenvalue weighted by molar-refractivity contribution is 6.08. The minimum absolute atomic E-state index is 0.164. The van der Waals surface area contributed by atoms with Crippen molar-refractivity contribution >= 4 is 17.6 Å². The molecule has 32 heavy (non-hydrogen) atoms. The number of benzene rings is 3. The summed E-state index contributed by atoms with van der Waals surface area (Å²) in [6, 6.07) is 10.5. The molecule has 0 saturated heterocycles. The number of carbonyl (C=O) groups excluding carboxylic acids is 2. The lowest BCUT2D eigenvalue weighted by atomic mass is 10.0. The summed E-state index contributed by atoms with van der Waals surface area (Å²) in [6.45, 7) is 0. The predicted molar refractivity (Wildman–Crippen MR) is 106 cm³/mol. The fourth-order valence-corrected chi connectivity index (χ4v) is 2.89. The van der Waals surface area contributed by atoms with Crippen LogP contribution >= 0.6 is 0 Å². The lowest BCUT2D eigenvalue weighted by Crippen LogP contribution is -2.35. The first kappa shape index (κ1) is 22.7. The molecule has 0 radical (unpaired) electrons. The summed E-state index contributed by atoms with van der Waals surface area (Å²) in [7, 11) is 1.33. The van der Waals surface area contributed by atoms with Gasteiger partial charge in [0.1, 0.15) is 22.9 Å². The highest BCUT2D eigenvalue weighted by Crippen LogP contribution is 2.35. The third kappa shape index (κ3) is 5.02. The van der Waals surface area contributed by atoms with Gasteiger partial charge in [-0.05, 0) is 42.0 Å². The Morgan fingerprint density at radius 3 is 2.09 bits per heavy atom. The Bertz CT molecular complexity index is 1140. The van der Waals surface area contributed by atoms with Gasteiger partial charge in [0.25, 0.3) is 5.91 Å². The molecule has 0 atom stereocenters. The van der Waals surface area contributed by atoms with Crippen molar-refractivity contribution in [3.63, 3.8) is 0 Å². The third-order valence-corrected chi connectivity index (χ3v) is 4.40. The van der Waals surface area contributed by atoms with Crippen LogP contribution in [-0.2, 0) is 6.18 Å². The molecule has 2 N–H and O–H groups in total. The number of ether oxygens (including phenoxy) is 1. The number of imide groups is 1. The lowest BCUT2D eigenvalue weighted by molar-refractivity contribution is -0.137. The van der Waals surface area contributed by atoms with E-state index < -0.39 is 40.9 Å². The topological polar surface area (TPSA) is 67.4 Å². The average molecular weight is 450 g/mol. The molecule has 0 heterocycles. The Labute approximate surface area is 178 Å². The first-order chi connectivity index (χ1) is 15.1. The second-order valence-corrected chi connectivity index (χ2v) is 6.50. The van der Waals surface area contributed by atoms with Crippen molar-refractivity contribution in [1.82, 2.24) is 5.32 Å². The van der Waals surface area contributed by atoms with Crippen LogP contribution in [0.5, 0.6) is 5.75 Å². The maximum absolute atomic E-state index is 13.7. The van der Waals surface area contributed by atoms with Crippen LogP contribution in [0.1, 0.15) is 15.9 Å². The number of methoxy groups -OCH3 is 1. The Hall–Kier alpha value is -3.95. The largest absolute Gasteiger partial charge is 0.496 e. The van der Waals surface area contributed by atoms with Crippen LogP contribution in [0.3, 0.4) is 0 Å². The van der Waals surface area contributed by atoms with E-state index in [1.165, 1.54) is 37.4 Å². The highest BCUT2D eigenvalue weighted by atomic mass is 19.4. The number of halogens is 5. The molecule has 3 rings (SSSR count). The van der Waals surface area contributed by atoms with E-state index in [9.17, 15) is 31.5 Å². The average Bonchev–Trinajstić information content (AvgIpc) is 2.73. The summed E-state index contributed by atoms with van der Waals surface area (Å²) >= 11 is 0. The van der Waals surface area contributed by atoms with E-state index in [0.29, 0.717) is 11.1 Å². The molecule has 5 nitrogen and oxygen atoms in total. The molecule has 0 fully saturated rings.